The zero-order valence-corrected chi connectivity index (χ0v) is 22.0. The van der Waals surface area contributed by atoms with Crippen molar-refractivity contribution in [1.82, 2.24) is 14.0 Å². The van der Waals surface area contributed by atoms with Crippen LogP contribution in [-0.2, 0) is 6.54 Å². The lowest BCUT2D eigenvalue weighted by molar-refractivity contribution is 0.300. The zero-order chi connectivity index (χ0) is 25.5. The summed E-state index contributed by atoms with van der Waals surface area (Å²) in [6.45, 7) is 1.30. The van der Waals surface area contributed by atoms with E-state index >= 15 is 0 Å². The van der Waals surface area contributed by atoms with Gasteiger partial charge < -0.3 is 9.30 Å². The van der Waals surface area contributed by atoms with Gasteiger partial charge in [0.05, 0.1) is 22.1 Å². The lowest BCUT2D eigenvalue weighted by Crippen LogP contribution is -2.22. The van der Waals surface area contributed by atoms with Crippen molar-refractivity contribution in [2.24, 2.45) is 0 Å². The van der Waals surface area contributed by atoms with Crippen molar-refractivity contribution in [1.29, 1.82) is 0 Å². The summed E-state index contributed by atoms with van der Waals surface area (Å²) >= 11 is 1.44. The second-order valence-electron chi connectivity index (χ2n) is 10.2. The quantitative estimate of drug-likeness (QED) is 0.251. The molecule has 0 N–H and O–H groups in total. The number of aromatic nitrogens is 3. The van der Waals surface area contributed by atoms with Crippen LogP contribution in [0.25, 0.3) is 33.0 Å². The zero-order valence-electron chi connectivity index (χ0n) is 21.2. The van der Waals surface area contributed by atoms with Crippen LogP contribution in [0.5, 0.6) is 5.75 Å². The molecule has 0 spiro atoms. The van der Waals surface area contributed by atoms with Crippen LogP contribution in [0.4, 0.5) is 0 Å². The summed E-state index contributed by atoms with van der Waals surface area (Å²) in [5, 5.41) is 1.12. The first-order valence-electron chi connectivity index (χ1n) is 13.5. The third kappa shape index (κ3) is 4.19. The third-order valence-corrected chi connectivity index (χ3v) is 8.78. The molecule has 1 fully saturated rings. The first kappa shape index (κ1) is 23.2. The molecule has 0 bridgehead atoms. The van der Waals surface area contributed by atoms with Gasteiger partial charge in [0.1, 0.15) is 12.4 Å². The number of thiazole rings is 1. The Balaban J connectivity index is 1.13. The molecule has 5 nitrogen and oxygen atoms in total. The van der Waals surface area contributed by atoms with Crippen LogP contribution in [0.15, 0.2) is 83.8 Å². The monoisotopic (exact) mass is 519 g/mol. The van der Waals surface area contributed by atoms with Gasteiger partial charge in [0.2, 0.25) is 0 Å². The molecule has 38 heavy (non-hydrogen) atoms. The number of para-hydroxylation sites is 3. The molecule has 0 aliphatic heterocycles. The molecule has 3 heterocycles. The topological polar surface area (TPSA) is 48.5 Å². The Morgan fingerprint density at radius 3 is 2.53 bits per heavy atom. The second-order valence-corrected chi connectivity index (χ2v) is 11.2. The molecule has 1 aliphatic carbocycles. The maximum Gasteiger partial charge on any atom is 0.274 e. The minimum absolute atomic E-state index is 0.0180. The fourth-order valence-electron chi connectivity index (χ4n) is 5.86. The fourth-order valence-corrected chi connectivity index (χ4v) is 6.84. The first-order valence-corrected chi connectivity index (χ1v) is 14.3. The lowest BCUT2D eigenvalue weighted by Gasteiger charge is -2.22. The number of fused-ring (bicyclic) bond motifs is 4. The van der Waals surface area contributed by atoms with Crippen molar-refractivity contribution in [2.75, 3.05) is 6.61 Å². The number of rotatable bonds is 6. The van der Waals surface area contributed by atoms with E-state index in [0.29, 0.717) is 17.1 Å². The largest absolute Gasteiger partial charge is 0.492 e. The summed E-state index contributed by atoms with van der Waals surface area (Å²) < 4.78 is 10.8. The predicted octanol–water partition coefficient (Wildman–Crippen LogP) is 6.54. The summed E-state index contributed by atoms with van der Waals surface area (Å²) in [7, 11) is 0. The summed E-state index contributed by atoms with van der Waals surface area (Å²) in [5.41, 5.74) is 5.30. The highest BCUT2D eigenvalue weighted by Gasteiger charge is 2.15. The average Bonchev–Trinajstić information content (AvgIpc) is 3.60. The van der Waals surface area contributed by atoms with Gasteiger partial charge in [-0.15, -0.1) is 0 Å². The van der Waals surface area contributed by atoms with Gasteiger partial charge in [0, 0.05) is 22.7 Å². The summed E-state index contributed by atoms with van der Waals surface area (Å²) in [5.74, 6) is 1.62. The third-order valence-electron chi connectivity index (χ3n) is 7.81. The Labute approximate surface area is 224 Å². The van der Waals surface area contributed by atoms with Gasteiger partial charge >= 0.3 is 0 Å². The minimum Gasteiger partial charge on any atom is -0.492 e. The Morgan fingerprint density at radius 2 is 1.68 bits per heavy atom. The van der Waals surface area contributed by atoms with Crippen LogP contribution in [0.1, 0.15) is 49.1 Å². The van der Waals surface area contributed by atoms with Gasteiger partial charge in [-0.1, -0.05) is 73.1 Å². The van der Waals surface area contributed by atoms with E-state index in [-0.39, 0.29) is 5.56 Å². The van der Waals surface area contributed by atoms with Crippen LogP contribution >= 0.6 is 11.3 Å². The molecule has 0 radical (unpaired) electrons. The Kier molecular flexibility index (Phi) is 5.97. The number of ether oxygens (including phenoxy) is 1. The van der Waals surface area contributed by atoms with E-state index in [1.165, 1.54) is 49.0 Å². The number of benzene rings is 3. The number of hydrogen-bond acceptors (Lipinski definition) is 4. The molecule has 1 saturated carbocycles. The Bertz CT molecular complexity index is 1860. The molecule has 0 saturated heterocycles. The van der Waals surface area contributed by atoms with Crippen molar-refractivity contribution in [3.05, 3.63) is 105 Å². The van der Waals surface area contributed by atoms with Gasteiger partial charge in [-0.25, -0.2) is 9.38 Å². The highest BCUT2D eigenvalue weighted by atomic mass is 32.1. The van der Waals surface area contributed by atoms with Crippen molar-refractivity contribution >= 4 is 44.3 Å². The molecule has 1 aliphatic rings. The molecule has 0 amide bonds. The van der Waals surface area contributed by atoms with E-state index < -0.39 is 0 Å². The maximum absolute atomic E-state index is 13.3. The summed E-state index contributed by atoms with van der Waals surface area (Å²) in [4.78, 5) is 18.7. The summed E-state index contributed by atoms with van der Waals surface area (Å²) in [6, 6.07) is 24.8. The molecule has 0 unspecified atom stereocenters. The van der Waals surface area contributed by atoms with Crippen molar-refractivity contribution in [2.45, 2.75) is 44.6 Å². The SMILES string of the molecule is O=c1/c(=C/c2cn(CCOc3ccc(C4CCCCC4)cc3)c3ccccc23)sc2nc3ccccc3n12. The molecule has 3 aromatic carbocycles. The van der Waals surface area contributed by atoms with Crippen LogP contribution in [0, 0.1) is 0 Å². The van der Waals surface area contributed by atoms with E-state index in [1.807, 2.05) is 36.4 Å². The molecule has 6 aromatic rings. The number of imidazole rings is 1. The molecule has 6 heteroatoms. The molecular formula is C32H29N3O2S. The van der Waals surface area contributed by atoms with Crippen LogP contribution < -0.4 is 14.8 Å². The van der Waals surface area contributed by atoms with Crippen molar-refractivity contribution in [3.63, 3.8) is 0 Å². The van der Waals surface area contributed by atoms with Crippen molar-refractivity contribution < 1.29 is 4.74 Å². The van der Waals surface area contributed by atoms with E-state index in [1.54, 1.807) is 4.40 Å². The first-order chi connectivity index (χ1) is 18.7. The summed E-state index contributed by atoms with van der Waals surface area (Å²) in [6.07, 6.45) is 10.8. The predicted molar refractivity (Wildman–Crippen MR) is 155 cm³/mol. The maximum atomic E-state index is 13.3. The normalized spacial score (nSPS) is 15.2. The van der Waals surface area contributed by atoms with E-state index in [9.17, 15) is 4.79 Å². The van der Waals surface area contributed by atoms with Crippen LogP contribution in [-0.4, -0.2) is 20.6 Å². The Morgan fingerprint density at radius 1 is 0.921 bits per heavy atom. The molecule has 190 valence electrons. The average molecular weight is 520 g/mol. The van der Waals surface area contributed by atoms with Crippen LogP contribution in [0.3, 0.4) is 0 Å². The van der Waals surface area contributed by atoms with Gasteiger partial charge in [-0.05, 0) is 60.7 Å². The highest BCUT2D eigenvalue weighted by molar-refractivity contribution is 7.15. The van der Waals surface area contributed by atoms with E-state index in [4.69, 9.17) is 4.74 Å². The second kappa shape index (κ2) is 9.76. The number of hydrogen-bond donors (Lipinski definition) is 0. The smallest absolute Gasteiger partial charge is 0.274 e. The number of nitrogens with zero attached hydrogens (tertiary/aromatic N) is 3. The molecule has 0 atom stereocenters. The standard InChI is InChI=1S/C32H29N3O2S/c36-31-30(38-32-33-27-11-5-7-13-29(27)35(31)32)20-24-21-34(28-12-6-4-10-26(24)28)18-19-37-25-16-14-23(15-17-25)22-8-2-1-3-9-22/h4-7,10-17,20-22H,1-3,8-9,18-19H2/b30-20-. The Hall–Kier alpha value is -3.90. The molecule has 3 aromatic heterocycles. The van der Waals surface area contributed by atoms with E-state index in [0.717, 1.165) is 44.8 Å². The molecular weight excluding hydrogens is 490 g/mol. The fraction of sp³-hybridized carbons (Fsp3) is 0.250. The lowest BCUT2D eigenvalue weighted by atomic mass is 9.84. The van der Waals surface area contributed by atoms with Gasteiger partial charge in [0.25, 0.3) is 5.56 Å². The van der Waals surface area contributed by atoms with Crippen LogP contribution in [0.2, 0.25) is 0 Å². The van der Waals surface area contributed by atoms with Gasteiger partial charge in [0.15, 0.2) is 4.96 Å². The van der Waals surface area contributed by atoms with Gasteiger partial charge in [-0.2, -0.15) is 0 Å². The van der Waals surface area contributed by atoms with E-state index in [2.05, 4.69) is 58.2 Å². The van der Waals surface area contributed by atoms with Crippen molar-refractivity contribution in [3.8, 4) is 5.75 Å². The minimum atomic E-state index is -0.0180. The molecule has 7 rings (SSSR count). The van der Waals surface area contributed by atoms with Gasteiger partial charge in [-0.3, -0.25) is 4.79 Å². The highest BCUT2D eigenvalue weighted by Crippen LogP contribution is 2.33.